The second-order valence-corrected chi connectivity index (χ2v) is 13.8. The third-order valence-electron chi connectivity index (χ3n) is 9.73. The monoisotopic (exact) mass is 734 g/mol. The van der Waals surface area contributed by atoms with Gasteiger partial charge in [-0.3, -0.25) is 0 Å². The van der Waals surface area contributed by atoms with Crippen LogP contribution in [0, 0.1) is 13.8 Å². The average molecular weight is 735 g/mol. The normalized spacial score (nSPS) is 12.2. The highest BCUT2D eigenvalue weighted by Gasteiger charge is 2.28. The van der Waals surface area contributed by atoms with Gasteiger partial charge in [0.25, 0.3) is 0 Å². The van der Waals surface area contributed by atoms with Crippen LogP contribution < -0.4 is 18.9 Å². The molecule has 6 aromatic carbocycles. The van der Waals surface area contributed by atoms with Gasteiger partial charge in [-0.25, -0.2) is 0 Å². The van der Waals surface area contributed by atoms with E-state index in [-0.39, 0.29) is 12.2 Å². The van der Waals surface area contributed by atoms with E-state index in [0.717, 1.165) is 105 Å². The Morgan fingerprint density at radius 2 is 0.800 bits per heavy atom. The predicted octanol–water partition coefficient (Wildman–Crippen LogP) is 14.4. The highest BCUT2D eigenvalue weighted by molar-refractivity contribution is 5.78. The molecule has 0 aliphatic rings. The van der Waals surface area contributed by atoms with Crippen molar-refractivity contribution in [2.75, 3.05) is 13.2 Å². The van der Waals surface area contributed by atoms with Crippen molar-refractivity contribution in [1.82, 2.24) is 0 Å². The number of hydrogen-bond donors (Lipinski definition) is 0. The van der Waals surface area contributed by atoms with Gasteiger partial charge in [-0.2, -0.15) is 0 Å². The molecule has 0 aromatic heterocycles. The van der Waals surface area contributed by atoms with Crippen molar-refractivity contribution < 1.29 is 23.7 Å². The lowest BCUT2D eigenvalue weighted by Gasteiger charge is -2.30. The molecule has 6 rings (SSSR count). The smallest absolute Gasteiger partial charge is 0.138 e. The fraction of sp³-hybridized carbons (Fsp3) is 0.280. The SMILES string of the molecule is CCCC(OC(CCC)c1ccc(C)c(Oc2ccccc2)c1-c1ccc(OCC)cc1)c1ccc(C)c(Oc2ccccc2)c1-c1ccc(OCC)cc1. The maximum atomic E-state index is 7.48. The molecule has 0 radical (unpaired) electrons. The third-order valence-corrected chi connectivity index (χ3v) is 9.73. The summed E-state index contributed by atoms with van der Waals surface area (Å²) in [4.78, 5) is 0. The average Bonchev–Trinajstić information content (AvgIpc) is 3.21. The van der Waals surface area contributed by atoms with Crippen LogP contribution in [-0.2, 0) is 4.74 Å². The van der Waals surface area contributed by atoms with Gasteiger partial charge in [0.15, 0.2) is 0 Å². The molecule has 0 saturated carbocycles. The Bertz CT molecular complexity index is 1940. The van der Waals surface area contributed by atoms with Gasteiger partial charge in [-0.1, -0.05) is 112 Å². The number of para-hydroxylation sites is 2. The van der Waals surface area contributed by atoms with Crippen LogP contribution in [0.25, 0.3) is 22.3 Å². The Labute approximate surface area is 327 Å². The second kappa shape index (κ2) is 19.2. The molecule has 0 saturated heterocycles. The number of aryl methyl sites for hydroxylation is 2. The van der Waals surface area contributed by atoms with Crippen molar-refractivity contribution in [3.63, 3.8) is 0 Å². The van der Waals surface area contributed by atoms with Gasteiger partial charge in [-0.05, 0) is 122 Å². The van der Waals surface area contributed by atoms with Crippen LogP contribution in [-0.4, -0.2) is 13.2 Å². The Morgan fingerprint density at radius 1 is 0.418 bits per heavy atom. The second-order valence-electron chi connectivity index (χ2n) is 13.8. The van der Waals surface area contributed by atoms with Crippen LogP contribution in [0.15, 0.2) is 133 Å². The highest BCUT2D eigenvalue weighted by Crippen LogP contribution is 2.48. The maximum absolute atomic E-state index is 7.48. The van der Waals surface area contributed by atoms with Gasteiger partial charge in [0.1, 0.15) is 34.5 Å². The first kappa shape index (κ1) is 39.2. The topological polar surface area (TPSA) is 46.2 Å². The number of benzene rings is 6. The lowest BCUT2D eigenvalue weighted by molar-refractivity contribution is -0.0242. The Balaban J connectivity index is 1.50. The summed E-state index contributed by atoms with van der Waals surface area (Å²) in [5.74, 6) is 4.91. The molecule has 0 spiro atoms. The summed E-state index contributed by atoms with van der Waals surface area (Å²) in [5.41, 5.74) is 8.46. The molecular formula is C50H54O5. The summed E-state index contributed by atoms with van der Waals surface area (Å²) >= 11 is 0. The van der Waals surface area contributed by atoms with Crippen LogP contribution in [0.4, 0.5) is 0 Å². The minimum atomic E-state index is -0.227. The lowest BCUT2D eigenvalue weighted by Crippen LogP contribution is -2.14. The standard InChI is InChI=1S/C50H54O5/c1-7-17-45(43-33-23-35(5)49(53-41-19-13-11-14-20-41)47(43)37-25-29-39(30-26-37)51-9-3)55-46(18-8-2)44-34-24-36(6)50(54-42-21-15-12-16-22-42)48(44)38-27-31-40(32-28-38)52-10-4/h11-16,19-34,45-46H,7-10,17-18H2,1-6H3. The molecule has 0 bridgehead atoms. The maximum Gasteiger partial charge on any atom is 0.138 e. The Morgan fingerprint density at radius 3 is 1.15 bits per heavy atom. The fourth-order valence-electron chi connectivity index (χ4n) is 7.10. The lowest BCUT2D eigenvalue weighted by atomic mass is 9.89. The van der Waals surface area contributed by atoms with Crippen molar-refractivity contribution in [1.29, 1.82) is 0 Å². The van der Waals surface area contributed by atoms with Crippen molar-refractivity contribution in [2.45, 2.75) is 79.4 Å². The fourth-order valence-corrected chi connectivity index (χ4v) is 7.10. The molecule has 0 heterocycles. The highest BCUT2D eigenvalue weighted by atomic mass is 16.5. The number of hydrogen-bond acceptors (Lipinski definition) is 5. The van der Waals surface area contributed by atoms with Gasteiger partial charge in [0, 0.05) is 11.1 Å². The Hall–Kier alpha value is -5.52. The van der Waals surface area contributed by atoms with Gasteiger partial charge >= 0.3 is 0 Å². The molecule has 5 nitrogen and oxygen atoms in total. The minimum absolute atomic E-state index is 0.227. The van der Waals surface area contributed by atoms with Gasteiger partial charge in [0.05, 0.1) is 25.4 Å². The Kier molecular flexibility index (Phi) is 13.7. The van der Waals surface area contributed by atoms with Crippen molar-refractivity contribution in [2.24, 2.45) is 0 Å². The van der Waals surface area contributed by atoms with Gasteiger partial charge in [-0.15, -0.1) is 0 Å². The minimum Gasteiger partial charge on any atom is -0.494 e. The summed E-state index contributed by atoms with van der Waals surface area (Å²) in [5, 5.41) is 0. The summed E-state index contributed by atoms with van der Waals surface area (Å²) < 4.78 is 32.7. The van der Waals surface area contributed by atoms with Gasteiger partial charge < -0.3 is 23.7 Å². The molecule has 6 aromatic rings. The van der Waals surface area contributed by atoms with Crippen LogP contribution in [0.2, 0.25) is 0 Å². The molecule has 55 heavy (non-hydrogen) atoms. The van der Waals surface area contributed by atoms with Gasteiger partial charge in [0.2, 0.25) is 0 Å². The van der Waals surface area contributed by atoms with Crippen molar-refractivity contribution in [3.8, 4) is 56.8 Å². The van der Waals surface area contributed by atoms with E-state index < -0.39 is 0 Å². The first-order chi connectivity index (χ1) is 26.9. The molecule has 284 valence electrons. The third kappa shape index (κ3) is 9.59. The molecule has 2 atom stereocenters. The molecule has 0 aliphatic carbocycles. The quantitative estimate of drug-likeness (QED) is 0.0880. The largest absolute Gasteiger partial charge is 0.494 e. The van der Waals surface area contributed by atoms with E-state index in [1.165, 1.54) is 0 Å². The van der Waals surface area contributed by atoms with E-state index in [2.05, 4.69) is 76.2 Å². The molecular weight excluding hydrogens is 681 g/mol. The van der Waals surface area contributed by atoms with Crippen LogP contribution >= 0.6 is 0 Å². The zero-order valence-electron chi connectivity index (χ0n) is 33.1. The molecule has 0 fully saturated rings. The van der Waals surface area contributed by atoms with E-state index in [1.807, 2.05) is 98.8 Å². The summed E-state index contributed by atoms with van der Waals surface area (Å²) in [6, 6.07) is 45.5. The van der Waals surface area contributed by atoms with Crippen molar-refractivity contribution in [3.05, 3.63) is 156 Å². The first-order valence-corrected chi connectivity index (χ1v) is 19.8. The molecule has 0 aliphatic heterocycles. The van der Waals surface area contributed by atoms with Crippen LogP contribution in [0.1, 0.15) is 87.8 Å². The number of rotatable bonds is 18. The van der Waals surface area contributed by atoms with Crippen LogP contribution in [0.3, 0.4) is 0 Å². The number of ether oxygens (including phenoxy) is 5. The zero-order chi connectivity index (χ0) is 38.6. The summed E-state index contributed by atoms with van der Waals surface area (Å²) in [6.07, 6.45) is 3.09. The summed E-state index contributed by atoms with van der Waals surface area (Å²) in [7, 11) is 0. The molecule has 5 heteroatoms. The first-order valence-electron chi connectivity index (χ1n) is 19.8. The van der Waals surface area contributed by atoms with E-state index in [0.29, 0.717) is 13.2 Å². The summed E-state index contributed by atoms with van der Waals surface area (Å²) in [6.45, 7) is 13.9. The predicted molar refractivity (Wildman–Crippen MR) is 225 cm³/mol. The van der Waals surface area contributed by atoms with Crippen LogP contribution in [0.5, 0.6) is 34.5 Å². The molecule has 0 N–H and O–H groups in total. The van der Waals surface area contributed by atoms with Crippen molar-refractivity contribution >= 4 is 0 Å². The zero-order valence-corrected chi connectivity index (χ0v) is 33.1. The van der Waals surface area contributed by atoms with E-state index in [1.54, 1.807) is 0 Å². The molecule has 0 amide bonds. The van der Waals surface area contributed by atoms with E-state index in [4.69, 9.17) is 23.7 Å². The van der Waals surface area contributed by atoms with E-state index >= 15 is 0 Å². The molecule has 2 unspecified atom stereocenters. The van der Waals surface area contributed by atoms with E-state index in [9.17, 15) is 0 Å².